The van der Waals surface area contributed by atoms with Gasteiger partial charge in [-0.05, 0) is 49.7 Å². The van der Waals surface area contributed by atoms with Gasteiger partial charge in [-0.15, -0.1) is 0 Å². The van der Waals surface area contributed by atoms with Gasteiger partial charge in [-0.3, -0.25) is 0 Å². The van der Waals surface area contributed by atoms with Crippen LogP contribution >= 0.6 is 23.2 Å². The second-order valence-corrected chi connectivity index (χ2v) is 7.35. The third kappa shape index (κ3) is 5.55. The Morgan fingerprint density at radius 2 is 1.66 bits per heavy atom. The van der Waals surface area contributed by atoms with Crippen LogP contribution in [0.4, 0.5) is 10.1 Å². The van der Waals surface area contributed by atoms with E-state index in [1.807, 2.05) is 44.2 Å². The highest BCUT2D eigenvalue weighted by Gasteiger charge is 2.14. The molecule has 0 bridgehead atoms. The molecule has 0 unspecified atom stereocenters. The van der Waals surface area contributed by atoms with Gasteiger partial charge in [0.05, 0.1) is 11.6 Å². The average molecular weight is 434 g/mol. The molecule has 0 aliphatic heterocycles. The Morgan fingerprint density at radius 1 is 0.931 bits per heavy atom. The molecule has 3 aromatic rings. The van der Waals surface area contributed by atoms with Crippen LogP contribution < -0.4 is 14.8 Å². The van der Waals surface area contributed by atoms with Gasteiger partial charge in [0.25, 0.3) is 0 Å². The monoisotopic (exact) mass is 433 g/mol. The van der Waals surface area contributed by atoms with E-state index >= 15 is 0 Å². The van der Waals surface area contributed by atoms with E-state index in [0.29, 0.717) is 34.7 Å². The summed E-state index contributed by atoms with van der Waals surface area (Å²) in [7, 11) is 0. The van der Waals surface area contributed by atoms with Gasteiger partial charge in [0.2, 0.25) is 0 Å². The Bertz CT molecular complexity index is 957. The predicted octanol–water partition coefficient (Wildman–Crippen LogP) is 7.03. The standard InChI is InChI=1S/C23H22Cl2FNO2/c1-3-28-22-11-16(13-27-17-9-7-15(2)8-10-17)20(25)12-23(22)29-14-18-19(24)5-4-6-21(18)26/h4-12,27H,3,13-14H2,1-2H3. The molecule has 1 N–H and O–H groups in total. The molecule has 0 radical (unpaired) electrons. The molecular formula is C23H22Cl2FNO2. The van der Waals surface area contributed by atoms with Crippen LogP contribution in [0, 0.1) is 12.7 Å². The summed E-state index contributed by atoms with van der Waals surface area (Å²) in [6.45, 7) is 4.89. The van der Waals surface area contributed by atoms with E-state index in [9.17, 15) is 4.39 Å². The number of hydrogen-bond donors (Lipinski definition) is 1. The molecule has 3 aromatic carbocycles. The van der Waals surface area contributed by atoms with Gasteiger partial charge in [-0.25, -0.2) is 4.39 Å². The van der Waals surface area contributed by atoms with Crippen molar-refractivity contribution in [1.82, 2.24) is 0 Å². The molecule has 3 rings (SSSR count). The van der Waals surface area contributed by atoms with Gasteiger partial charge in [-0.2, -0.15) is 0 Å². The summed E-state index contributed by atoms with van der Waals surface area (Å²) >= 11 is 12.5. The van der Waals surface area contributed by atoms with Crippen molar-refractivity contribution in [2.45, 2.75) is 27.0 Å². The third-order valence-corrected chi connectivity index (χ3v) is 5.09. The highest BCUT2D eigenvalue weighted by molar-refractivity contribution is 6.31. The lowest BCUT2D eigenvalue weighted by Crippen LogP contribution is -2.05. The number of anilines is 1. The maximum Gasteiger partial charge on any atom is 0.163 e. The van der Waals surface area contributed by atoms with Crippen LogP contribution in [-0.2, 0) is 13.2 Å². The summed E-state index contributed by atoms with van der Waals surface area (Å²) < 4.78 is 25.5. The minimum atomic E-state index is -0.416. The number of ether oxygens (including phenoxy) is 2. The number of nitrogens with one attached hydrogen (secondary N) is 1. The molecule has 3 nitrogen and oxygen atoms in total. The van der Waals surface area contributed by atoms with Crippen LogP contribution in [0.15, 0.2) is 54.6 Å². The molecule has 0 aliphatic carbocycles. The van der Waals surface area contributed by atoms with Crippen LogP contribution in [0.25, 0.3) is 0 Å². The molecule has 29 heavy (non-hydrogen) atoms. The van der Waals surface area contributed by atoms with E-state index in [0.717, 1.165) is 11.3 Å². The maximum absolute atomic E-state index is 14.0. The number of hydrogen-bond acceptors (Lipinski definition) is 3. The quantitative estimate of drug-likeness (QED) is 0.413. The maximum atomic E-state index is 14.0. The molecule has 0 amide bonds. The van der Waals surface area contributed by atoms with Crippen LogP contribution in [0.5, 0.6) is 11.5 Å². The predicted molar refractivity (Wildman–Crippen MR) is 117 cm³/mol. The van der Waals surface area contributed by atoms with E-state index < -0.39 is 5.82 Å². The minimum Gasteiger partial charge on any atom is -0.490 e. The molecule has 0 atom stereocenters. The number of halogens is 3. The van der Waals surface area contributed by atoms with Crippen molar-refractivity contribution in [3.63, 3.8) is 0 Å². The van der Waals surface area contributed by atoms with Crippen LogP contribution in [0.2, 0.25) is 10.0 Å². The number of rotatable bonds is 8. The van der Waals surface area contributed by atoms with Gasteiger partial charge in [0.1, 0.15) is 12.4 Å². The zero-order valence-corrected chi connectivity index (χ0v) is 17.8. The Kier molecular flexibility index (Phi) is 7.24. The first-order valence-electron chi connectivity index (χ1n) is 9.29. The zero-order valence-electron chi connectivity index (χ0n) is 16.3. The van der Waals surface area contributed by atoms with Crippen LogP contribution in [-0.4, -0.2) is 6.61 Å². The molecule has 0 spiro atoms. The van der Waals surface area contributed by atoms with Gasteiger partial charge < -0.3 is 14.8 Å². The molecule has 0 fully saturated rings. The summed E-state index contributed by atoms with van der Waals surface area (Å²) in [4.78, 5) is 0. The van der Waals surface area contributed by atoms with Crippen molar-refractivity contribution >= 4 is 28.9 Å². The van der Waals surface area contributed by atoms with E-state index in [4.69, 9.17) is 32.7 Å². The molecule has 0 saturated heterocycles. The highest BCUT2D eigenvalue weighted by Crippen LogP contribution is 2.35. The first kappa shape index (κ1) is 21.3. The van der Waals surface area contributed by atoms with Crippen molar-refractivity contribution in [2.24, 2.45) is 0 Å². The molecule has 0 heterocycles. The Balaban J connectivity index is 1.77. The lowest BCUT2D eigenvalue weighted by Gasteiger charge is -2.16. The Labute approximate surface area is 180 Å². The van der Waals surface area contributed by atoms with Crippen molar-refractivity contribution in [3.8, 4) is 11.5 Å². The molecule has 152 valence electrons. The van der Waals surface area contributed by atoms with E-state index in [1.165, 1.54) is 11.6 Å². The number of benzene rings is 3. The molecule has 0 aliphatic rings. The normalized spacial score (nSPS) is 10.7. The smallest absolute Gasteiger partial charge is 0.163 e. The highest BCUT2D eigenvalue weighted by atomic mass is 35.5. The Morgan fingerprint density at radius 3 is 2.34 bits per heavy atom. The first-order valence-corrected chi connectivity index (χ1v) is 10.0. The summed E-state index contributed by atoms with van der Waals surface area (Å²) in [5.74, 6) is 0.570. The Hall–Kier alpha value is -2.43. The largest absolute Gasteiger partial charge is 0.490 e. The van der Waals surface area contributed by atoms with E-state index in [2.05, 4.69) is 5.32 Å². The fraction of sp³-hybridized carbons (Fsp3) is 0.217. The topological polar surface area (TPSA) is 30.5 Å². The van der Waals surface area contributed by atoms with Crippen molar-refractivity contribution in [3.05, 3.63) is 87.2 Å². The second kappa shape index (κ2) is 9.86. The summed E-state index contributed by atoms with van der Waals surface area (Å²) in [5, 5.41) is 4.19. The van der Waals surface area contributed by atoms with Crippen LogP contribution in [0.3, 0.4) is 0 Å². The van der Waals surface area contributed by atoms with E-state index in [1.54, 1.807) is 18.2 Å². The van der Waals surface area contributed by atoms with Gasteiger partial charge in [0.15, 0.2) is 11.5 Å². The van der Waals surface area contributed by atoms with Gasteiger partial charge in [-0.1, -0.05) is 47.0 Å². The zero-order chi connectivity index (χ0) is 20.8. The third-order valence-electron chi connectivity index (χ3n) is 4.38. The fourth-order valence-electron chi connectivity index (χ4n) is 2.78. The van der Waals surface area contributed by atoms with Crippen molar-refractivity contribution in [2.75, 3.05) is 11.9 Å². The SMILES string of the molecule is CCOc1cc(CNc2ccc(C)cc2)c(Cl)cc1OCc1c(F)cccc1Cl. The van der Waals surface area contributed by atoms with Crippen molar-refractivity contribution < 1.29 is 13.9 Å². The fourth-order valence-corrected chi connectivity index (χ4v) is 3.22. The van der Waals surface area contributed by atoms with Gasteiger partial charge in [0, 0.05) is 28.9 Å². The molecule has 6 heteroatoms. The van der Waals surface area contributed by atoms with Crippen LogP contribution in [0.1, 0.15) is 23.6 Å². The first-order chi connectivity index (χ1) is 14.0. The minimum absolute atomic E-state index is 0.0249. The second-order valence-electron chi connectivity index (χ2n) is 6.53. The molecule has 0 saturated carbocycles. The average Bonchev–Trinajstić information content (AvgIpc) is 2.69. The van der Waals surface area contributed by atoms with Gasteiger partial charge >= 0.3 is 0 Å². The lowest BCUT2D eigenvalue weighted by atomic mass is 10.1. The lowest BCUT2D eigenvalue weighted by molar-refractivity contribution is 0.265. The van der Waals surface area contributed by atoms with E-state index in [-0.39, 0.29) is 12.2 Å². The van der Waals surface area contributed by atoms with Crippen molar-refractivity contribution in [1.29, 1.82) is 0 Å². The summed E-state index contributed by atoms with van der Waals surface area (Å²) in [6, 6.07) is 16.2. The summed E-state index contributed by atoms with van der Waals surface area (Å²) in [6.07, 6.45) is 0. The molecule has 0 aromatic heterocycles. The summed E-state index contributed by atoms with van der Waals surface area (Å²) in [5.41, 5.74) is 3.35. The molecular weight excluding hydrogens is 412 g/mol. The number of aryl methyl sites for hydroxylation is 1.